The monoisotopic (exact) mass is 576 g/mol. The molecule has 1 unspecified atom stereocenters. The third kappa shape index (κ3) is 10.6. The van der Waals surface area contributed by atoms with E-state index in [0.29, 0.717) is 19.4 Å². The lowest BCUT2D eigenvalue weighted by Crippen LogP contribution is -2.54. The number of carbonyl (C=O) groups excluding carboxylic acids is 4. The van der Waals surface area contributed by atoms with Gasteiger partial charge < -0.3 is 39.8 Å². The highest BCUT2D eigenvalue weighted by Gasteiger charge is 2.38. The molecule has 4 amide bonds. The number of aliphatic carboxylic acids is 1. The summed E-state index contributed by atoms with van der Waals surface area (Å²) >= 11 is 0. The van der Waals surface area contributed by atoms with Crippen molar-refractivity contribution in [1.82, 2.24) is 25.8 Å². The van der Waals surface area contributed by atoms with Crippen LogP contribution in [0.25, 0.3) is 0 Å². The standard InChI is InChI=1S/C26H36N6O9/c1-2-39-26(38)30-24(27)31-10-11-40-19(14-31)13-28-21(33)12-20(23(36)32(15-22(34)35)18-8-9-18)29-25(37)41-16-17-6-4-3-5-7-17/h3-7,18-20H,2,8-16H2,1H3,(H,28,33)(H,29,37)(H,34,35)(H2,27,30,38)/t19?,20-/m0/s1. The van der Waals surface area contributed by atoms with Gasteiger partial charge >= 0.3 is 18.2 Å². The number of guanidine groups is 1. The molecule has 0 radical (unpaired) electrons. The summed E-state index contributed by atoms with van der Waals surface area (Å²) in [6.07, 6.45) is -1.39. The second-order valence-corrected chi connectivity index (χ2v) is 9.49. The van der Waals surface area contributed by atoms with Gasteiger partial charge in [-0.25, -0.2) is 9.59 Å². The number of hydrogen-bond acceptors (Lipinski definition) is 9. The summed E-state index contributed by atoms with van der Waals surface area (Å²) in [7, 11) is 0. The Balaban J connectivity index is 1.57. The number of carboxylic acids is 1. The lowest BCUT2D eigenvalue weighted by Gasteiger charge is -2.34. The van der Waals surface area contributed by atoms with E-state index in [1.807, 2.05) is 6.07 Å². The summed E-state index contributed by atoms with van der Waals surface area (Å²) in [5.74, 6) is -2.65. The molecule has 41 heavy (non-hydrogen) atoms. The Morgan fingerprint density at radius 1 is 1.15 bits per heavy atom. The van der Waals surface area contributed by atoms with Gasteiger partial charge in [0, 0.05) is 25.7 Å². The van der Waals surface area contributed by atoms with Crippen LogP contribution < -0.4 is 16.0 Å². The number of morpholine rings is 1. The Kier molecular flexibility index (Phi) is 11.7. The van der Waals surface area contributed by atoms with Gasteiger partial charge in [0.1, 0.15) is 19.2 Å². The number of alkyl carbamates (subject to hydrolysis) is 2. The lowest BCUT2D eigenvalue weighted by molar-refractivity contribution is -0.146. The molecule has 1 aliphatic heterocycles. The summed E-state index contributed by atoms with van der Waals surface area (Å²) in [6.45, 7) is 2.02. The zero-order valence-electron chi connectivity index (χ0n) is 22.8. The van der Waals surface area contributed by atoms with Crippen molar-refractivity contribution in [3.63, 3.8) is 0 Å². The van der Waals surface area contributed by atoms with E-state index in [9.17, 15) is 29.1 Å². The van der Waals surface area contributed by atoms with Crippen LogP contribution >= 0.6 is 0 Å². The first-order valence-electron chi connectivity index (χ1n) is 13.3. The van der Waals surface area contributed by atoms with Crippen LogP contribution in [0.4, 0.5) is 9.59 Å². The first kappa shape index (κ1) is 31.1. The molecule has 1 heterocycles. The Morgan fingerprint density at radius 3 is 2.54 bits per heavy atom. The first-order valence-corrected chi connectivity index (χ1v) is 13.3. The van der Waals surface area contributed by atoms with Crippen LogP contribution in [0.3, 0.4) is 0 Å². The van der Waals surface area contributed by atoms with E-state index in [4.69, 9.17) is 19.6 Å². The zero-order chi connectivity index (χ0) is 29.8. The molecule has 1 saturated carbocycles. The van der Waals surface area contributed by atoms with Gasteiger partial charge in [0.15, 0.2) is 0 Å². The van der Waals surface area contributed by atoms with Crippen molar-refractivity contribution in [3.8, 4) is 0 Å². The quantitative estimate of drug-likeness (QED) is 0.170. The molecule has 15 heteroatoms. The highest BCUT2D eigenvalue weighted by atomic mass is 16.6. The summed E-state index contributed by atoms with van der Waals surface area (Å²) in [4.78, 5) is 64.3. The topological polar surface area (TPSA) is 200 Å². The van der Waals surface area contributed by atoms with Gasteiger partial charge in [-0.15, -0.1) is 0 Å². The SMILES string of the molecule is CCOC(=O)NC(=N)N1CCOC(CNC(=O)C[C@H](NC(=O)OCc2ccccc2)C(=O)N(CC(=O)O)C2CC2)C1. The number of rotatable bonds is 12. The first-order chi connectivity index (χ1) is 19.7. The maximum absolute atomic E-state index is 13.3. The molecule has 0 bridgehead atoms. The van der Waals surface area contributed by atoms with Crippen molar-refractivity contribution in [2.45, 2.75) is 51.0 Å². The number of amides is 4. The molecule has 224 valence electrons. The van der Waals surface area contributed by atoms with E-state index in [0.717, 1.165) is 10.5 Å². The van der Waals surface area contributed by atoms with Crippen molar-refractivity contribution < 1.29 is 43.3 Å². The van der Waals surface area contributed by atoms with Crippen LogP contribution in [0.15, 0.2) is 30.3 Å². The normalized spacial score (nSPS) is 17.0. The van der Waals surface area contributed by atoms with Gasteiger partial charge in [-0.3, -0.25) is 25.1 Å². The summed E-state index contributed by atoms with van der Waals surface area (Å²) in [6, 6.07) is 7.26. The number of carboxylic acid groups (broad SMARTS) is 1. The molecular formula is C26H36N6O9. The molecular weight excluding hydrogens is 540 g/mol. The average Bonchev–Trinajstić information content (AvgIpc) is 3.79. The maximum atomic E-state index is 13.3. The fourth-order valence-electron chi connectivity index (χ4n) is 4.10. The van der Waals surface area contributed by atoms with E-state index in [-0.39, 0.29) is 44.9 Å². The molecule has 0 aromatic heterocycles. The van der Waals surface area contributed by atoms with Crippen molar-refractivity contribution in [2.75, 3.05) is 39.4 Å². The smallest absolute Gasteiger partial charge is 0.413 e. The number of benzene rings is 1. The zero-order valence-corrected chi connectivity index (χ0v) is 22.8. The van der Waals surface area contributed by atoms with Gasteiger partial charge in [-0.1, -0.05) is 30.3 Å². The van der Waals surface area contributed by atoms with Crippen LogP contribution in [0.5, 0.6) is 0 Å². The van der Waals surface area contributed by atoms with E-state index < -0.39 is 55.1 Å². The van der Waals surface area contributed by atoms with E-state index in [1.54, 1.807) is 36.1 Å². The highest BCUT2D eigenvalue weighted by molar-refractivity contribution is 5.93. The fraction of sp³-hybridized carbons (Fsp3) is 0.538. The second-order valence-electron chi connectivity index (χ2n) is 9.49. The number of carbonyl (C=O) groups is 5. The predicted molar refractivity (Wildman–Crippen MR) is 143 cm³/mol. The second kappa shape index (κ2) is 15.4. The largest absolute Gasteiger partial charge is 0.480 e. The predicted octanol–water partition coefficient (Wildman–Crippen LogP) is 0.245. The third-order valence-corrected chi connectivity index (χ3v) is 6.25. The van der Waals surface area contributed by atoms with Crippen molar-refractivity contribution in [2.24, 2.45) is 0 Å². The molecule has 5 N–H and O–H groups in total. The summed E-state index contributed by atoms with van der Waals surface area (Å²) < 4.78 is 15.6. The Morgan fingerprint density at radius 2 is 1.88 bits per heavy atom. The summed E-state index contributed by atoms with van der Waals surface area (Å²) in [5, 5.41) is 24.7. The van der Waals surface area contributed by atoms with Gasteiger partial charge in [0.25, 0.3) is 0 Å². The van der Waals surface area contributed by atoms with Crippen molar-refractivity contribution in [1.29, 1.82) is 5.41 Å². The van der Waals surface area contributed by atoms with Gasteiger partial charge in [-0.2, -0.15) is 0 Å². The Hall–Kier alpha value is -4.40. The van der Waals surface area contributed by atoms with Crippen molar-refractivity contribution >= 4 is 35.9 Å². The van der Waals surface area contributed by atoms with Crippen LogP contribution in [0.2, 0.25) is 0 Å². The van der Waals surface area contributed by atoms with Crippen LogP contribution in [-0.2, 0) is 35.2 Å². The Bertz CT molecular complexity index is 1100. The molecule has 0 spiro atoms. The van der Waals surface area contributed by atoms with Crippen LogP contribution in [-0.4, -0.2) is 108 Å². The number of nitrogens with one attached hydrogen (secondary N) is 4. The minimum absolute atomic E-state index is 0.0306. The van der Waals surface area contributed by atoms with E-state index in [2.05, 4.69) is 16.0 Å². The average molecular weight is 577 g/mol. The molecule has 1 aliphatic carbocycles. The van der Waals surface area contributed by atoms with E-state index in [1.165, 1.54) is 0 Å². The number of nitrogens with zero attached hydrogens (tertiary/aromatic N) is 2. The van der Waals surface area contributed by atoms with Crippen LogP contribution in [0, 0.1) is 5.41 Å². The molecule has 1 saturated heterocycles. The molecule has 3 rings (SSSR count). The van der Waals surface area contributed by atoms with Crippen LogP contribution in [0.1, 0.15) is 31.7 Å². The molecule has 1 aromatic carbocycles. The fourth-order valence-corrected chi connectivity index (χ4v) is 4.10. The van der Waals surface area contributed by atoms with Crippen molar-refractivity contribution in [3.05, 3.63) is 35.9 Å². The lowest BCUT2D eigenvalue weighted by atomic mass is 10.1. The maximum Gasteiger partial charge on any atom is 0.413 e. The minimum Gasteiger partial charge on any atom is -0.480 e. The minimum atomic E-state index is -1.36. The highest BCUT2D eigenvalue weighted by Crippen LogP contribution is 2.27. The third-order valence-electron chi connectivity index (χ3n) is 6.25. The molecule has 2 atom stereocenters. The van der Waals surface area contributed by atoms with Gasteiger partial charge in [0.05, 0.1) is 25.7 Å². The number of hydrogen-bond donors (Lipinski definition) is 5. The molecule has 2 fully saturated rings. The van der Waals surface area contributed by atoms with Gasteiger partial charge in [-0.05, 0) is 25.3 Å². The van der Waals surface area contributed by atoms with E-state index >= 15 is 0 Å². The molecule has 2 aliphatic rings. The van der Waals surface area contributed by atoms with Gasteiger partial charge in [0.2, 0.25) is 17.8 Å². The Labute approximate surface area is 237 Å². The molecule has 15 nitrogen and oxygen atoms in total. The summed E-state index contributed by atoms with van der Waals surface area (Å²) in [5.41, 5.74) is 0.723. The molecule has 1 aromatic rings. The number of ether oxygens (including phenoxy) is 3.